The summed E-state index contributed by atoms with van der Waals surface area (Å²) in [6.07, 6.45) is 1.37. The first-order chi connectivity index (χ1) is 10.7. The second-order valence-electron chi connectivity index (χ2n) is 4.88. The number of nitrogens with zero attached hydrogens (tertiary/aromatic N) is 2. The molecule has 0 aliphatic carbocycles. The number of hydrogen-bond acceptors (Lipinski definition) is 4. The second kappa shape index (κ2) is 6.34. The van der Waals surface area contributed by atoms with Gasteiger partial charge in [0.25, 0.3) is 5.91 Å². The Kier molecular flexibility index (Phi) is 4.09. The van der Waals surface area contributed by atoms with E-state index in [0.29, 0.717) is 18.7 Å². The predicted molar refractivity (Wildman–Crippen MR) is 78.5 cm³/mol. The molecule has 1 amide bonds. The molecule has 6 heteroatoms. The number of carbonyl (C=O) groups excluding carboxylic acids is 1. The second-order valence-corrected chi connectivity index (χ2v) is 4.88. The van der Waals surface area contributed by atoms with Crippen LogP contribution in [-0.2, 0) is 16.2 Å². The highest BCUT2D eigenvalue weighted by atomic mass is 19.1. The van der Waals surface area contributed by atoms with Crippen molar-refractivity contribution in [2.75, 3.05) is 0 Å². The molecule has 0 fully saturated rings. The van der Waals surface area contributed by atoms with Crippen LogP contribution in [0.4, 0.5) is 4.39 Å². The van der Waals surface area contributed by atoms with Crippen LogP contribution in [0.2, 0.25) is 0 Å². The van der Waals surface area contributed by atoms with Crippen molar-refractivity contribution in [2.45, 2.75) is 19.1 Å². The van der Waals surface area contributed by atoms with Crippen LogP contribution in [0.25, 0.3) is 0 Å². The molecule has 0 saturated heterocycles. The van der Waals surface area contributed by atoms with Crippen LogP contribution in [-0.4, -0.2) is 22.7 Å². The van der Waals surface area contributed by atoms with Gasteiger partial charge < -0.3 is 10.2 Å². The molecule has 0 bridgehead atoms. The topological polar surface area (TPSA) is 63.6 Å². The fourth-order valence-corrected chi connectivity index (χ4v) is 2.12. The lowest BCUT2D eigenvalue weighted by Gasteiger charge is -2.09. The Hall–Kier alpha value is -2.76. The van der Waals surface area contributed by atoms with Crippen LogP contribution in [0.3, 0.4) is 0 Å². The smallest absolute Gasteiger partial charge is 0.264 e. The minimum absolute atomic E-state index is 0.244. The van der Waals surface area contributed by atoms with Crippen LogP contribution >= 0.6 is 0 Å². The number of oxime groups is 1. The molecule has 1 atom stereocenters. The summed E-state index contributed by atoms with van der Waals surface area (Å²) < 4.78 is 12.9. The summed E-state index contributed by atoms with van der Waals surface area (Å²) in [5.74, 6) is -0.556. The van der Waals surface area contributed by atoms with Crippen LogP contribution in [0.15, 0.2) is 53.8 Å². The van der Waals surface area contributed by atoms with Crippen molar-refractivity contribution in [3.8, 4) is 0 Å². The van der Waals surface area contributed by atoms with Crippen molar-refractivity contribution in [1.29, 1.82) is 0 Å². The summed E-state index contributed by atoms with van der Waals surface area (Å²) in [7, 11) is 0. The van der Waals surface area contributed by atoms with Crippen molar-refractivity contribution in [3.63, 3.8) is 0 Å². The fourth-order valence-electron chi connectivity index (χ4n) is 2.12. The minimum atomic E-state index is -0.663. The summed E-state index contributed by atoms with van der Waals surface area (Å²) in [6.45, 7) is 0.339. The fraction of sp³-hybridized carbons (Fsp3) is 0.188. The summed E-state index contributed by atoms with van der Waals surface area (Å²) in [6, 6.07) is 11.4. The molecule has 1 aromatic heterocycles. The molecule has 3 rings (SSSR count). The first-order valence-electron chi connectivity index (χ1n) is 6.88. The number of halogens is 1. The number of nitrogens with one attached hydrogen (secondary N) is 1. The molecule has 0 spiro atoms. The highest BCUT2D eigenvalue weighted by Gasteiger charge is 2.28. The quantitative estimate of drug-likeness (QED) is 0.939. The molecule has 1 aliphatic heterocycles. The Morgan fingerprint density at radius 3 is 2.82 bits per heavy atom. The SMILES string of the molecule is O=C(NCc1ccccn1)[C@@H]1CC(c2ccc(F)cc2)=NO1. The van der Waals surface area contributed by atoms with Gasteiger partial charge in [0.05, 0.1) is 18.0 Å². The van der Waals surface area contributed by atoms with Gasteiger partial charge in [-0.05, 0) is 29.8 Å². The first-order valence-corrected chi connectivity index (χ1v) is 6.88. The van der Waals surface area contributed by atoms with Crippen molar-refractivity contribution >= 4 is 11.6 Å². The highest BCUT2D eigenvalue weighted by Crippen LogP contribution is 2.17. The lowest BCUT2D eigenvalue weighted by molar-refractivity contribution is -0.131. The molecular formula is C16H14FN3O2. The Bertz CT molecular complexity index is 686. The maximum atomic E-state index is 12.9. The third-order valence-electron chi connectivity index (χ3n) is 3.31. The zero-order valence-electron chi connectivity index (χ0n) is 11.7. The molecule has 0 unspecified atom stereocenters. The van der Waals surface area contributed by atoms with Crippen LogP contribution in [0.1, 0.15) is 17.7 Å². The van der Waals surface area contributed by atoms with E-state index in [9.17, 15) is 9.18 Å². The van der Waals surface area contributed by atoms with Gasteiger partial charge in [-0.1, -0.05) is 23.4 Å². The van der Waals surface area contributed by atoms with E-state index in [1.165, 1.54) is 12.1 Å². The molecule has 1 aromatic carbocycles. The third-order valence-corrected chi connectivity index (χ3v) is 3.31. The number of hydrogen-bond donors (Lipinski definition) is 1. The van der Waals surface area contributed by atoms with E-state index < -0.39 is 6.10 Å². The van der Waals surface area contributed by atoms with Crippen molar-refractivity contribution in [3.05, 3.63) is 65.7 Å². The van der Waals surface area contributed by atoms with E-state index in [1.807, 2.05) is 18.2 Å². The molecule has 1 N–H and O–H groups in total. The van der Waals surface area contributed by atoms with Gasteiger partial charge in [0.2, 0.25) is 6.10 Å². The normalized spacial score (nSPS) is 16.8. The maximum Gasteiger partial charge on any atom is 0.264 e. The van der Waals surface area contributed by atoms with Gasteiger partial charge in [-0.3, -0.25) is 9.78 Å². The van der Waals surface area contributed by atoms with Gasteiger partial charge in [-0.2, -0.15) is 0 Å². The summed E-state index contributed by atoms with van der Waals surface area (Å²) in [5, 5.41) is 6.67. The number of carbonyl (C=O) groups is 1. The number of pyridine rings is 1. The minimum Gasteiger partial charge on any atom is -0.382 e. The van der Waals surface area contributed by atoms with Crippen molar-refractivity contribution in [2.24, 2.45) is 5.16 Å². The lowest BCUT2D eigenvalue weighted by atomic mass is 10.0. The number of aromatic nitrogens is 1. The first kappa shape index (κ1) is 14.2. The van der Waals surface area contributed by atoms with Gasteiger partial charge in [-0.25, -0.2) is 4.39 Å². The average Bonchev–Trinajstić information content (AvgIpc) is 3.04. The molecule has 1 aliphatic rings. The van der Waals surface area contributed by atoms with E-state index in [4.69, 9.17) is 4.84 Å². The number of amides is 1. The van der Waals surface area contributed by atoms with E-state index in [2.05, 4.69) is 15.5 Å². The van der Waals surface area contributed by atoms with E-state index in [-0.39, 0.29) is 11.7 Å². The van der Waals surface area contributed by atoms with E-state index >= 15 is 0 Å². The number of rotatable bonds is 4. The zero-order valence-corrected chi connectivity index (χ0v) is 11.7. The Labute approximate surface area is 126 Å². The molecule has 0 radical (unpaired) electrons. The monoisotopic (exact) mass is 299 g/mol. The number of benzene rings is 1. The molecule has 2 heterocycles. The van der Waals surface area contributed by atoms with Gasteiger partial charge in [0.15, 0.2) is 0 Å². The summed E-state index contributed by atoms with van der Waals surface area (Å²) >= 11 is 0. The molecule has 0 saturated carbocycles. The van der Waals surface area contributed by atoms with Crippen LogP contribution in [0, 0.1) is 5.82 Å². The lowest BCUT2D eigenvalue weighted by Crippen LogP contribution is -2.34. The van der Waals surface area contributed by atoms with Gasteiger partial charge in [-0.15, -0.1) is 0 Å². The molecule has 2 aromatic rings. The summed E-state index contributed by atoms with van der Waals surface area (Å²) in [4.78, 5) is 21.3. The van der Waals surface area contributed by atoms with Gasteiger partial charge in [0, 0.05) is 12.6 Å². The van der Waals surface area contributed by atoms with Crippen molar-refractivity contribution in [1.82, 2.24) is 10.3 Å². The Balaban J connectivity index is 1.55. The summed E-state index contributed by atoms with van der Waals surface area (Å²) in [5.41, 5.74) is 2.16. The Morgan fingerprint density at radius 1 is 1.27 bits per heavy atom. The predicted octanol–water partition coefficient (Wildman–Crippen LogP) is 2.03. The molecule has 22 heavy (non-hydrogen) atoms. The van der Waals surface area contributed by atoms with Crippen LogP contribution in [0.5, 0.6) is 0 Å². The van der Waals surface area contributed by atoms with Gasteiger partial charge in [0.1, 0.15) is 5.82 Å². The third kappa shape index (κ3) is 3.28. The molecule has 5 nitrogen and oxygen atoms in total. The maximum absolute atomic E-state index is 12.9. The van der Waals surface area contributed by atoms with Crippen LogP contribution < -0.4 is 5.32 Å². The average molecular weight is 299 g/mol. The standard InChI is InChI=1S/C16H14FN3O2/c17-12-6-4-11(5-7-12)14-9-15(22-20-14)16(21)19-10-13-3-1-2-8-18-13/h1-8,15H,9-10H2,(H,19,21)/t15-/m0/s1. The van der Waals surface area contributed by atoms with E-state index in [0.717, 1.165) is 11.3 Å². The van der Waals surface area contributed by atoms with E-state index in [1.54, 1.807) is 18.3 Å². The largest absolute Gasteiger partial charge is 0.382 e. The van der Waals surface area contributed by atoms with Crippen molar-refractivity contribution < 1.29 is 14.0 Å². The Morgan fingerprint density at radius 2 is 2.09 bits per heavy atom. The highest BCUT2D eigenvalue weighted by molar-refractivity contribution is 6.04. The van der Waals surface area contributed by atoms with Gasteiger partial charge >= 0.3 is 0 Å². The molecular weight excluding hydrogens is 285 g/mol. The zero-order chi connectivity index (χ0) is 15.4. The molecule has 112 valence electrons.